The summed E-state index contributed by atoms with van der Waals surface area (Å²) in [5, 5.41) is 14.3. The summed E-state index contributed by atoms with van der Waals surface area (Å²) in [5.74, 6) is -0.245. The molecule has 0 saturated carbocycles. The van der Waals surface area contributed by atoms with Crippen molar-refractivity contribution < 1.29 is 19.0 Å². The average molecular weight is 432 g/mol. The SMILES string of the molecule is Cc1cc(-n2cc([C@H]3OCC(=O)N3Cc3ccc(O)cc3)c(-c3cc[nH]c3)n2)ccc1F. The molecule has 0 unspecified atom stereocenters. The molecule has 0 aliphatic carbocycles. The zero-order valence-corrected chi connectivity index (χ0v) is 17.3. The number of carbonyl (C=O) groups is 1. The number of H-pyrrole nitrogens is 1. The number of benzene rings is 2. The summed E-state index contributed by atoms with van der Waals surface area (Å²) < 4.78 is 21.4. The monoisotopic (exact) mass is 432 g/mol. The van der Waals surface area contributed by atoms with Gasteiger partial charge in [0.05, 0.1) is 5.69 Å². The Labute approximate surface area is 183 Å². The third-order valence-electron chi connectivity index (χ3n) is 5.54. The number of ether oxygens (including phenoxy) is 1. The maximum Gasteiger partial charge on any atom is 0.251 e. The van der Waals surface area contributed by atoms with E-state index in [-0.39, 0.29) is 24.1 Å². The van der Waals surface area contributed by atoms with Gasteiger partial charge in [0.15, 0.2) is 6.23 Å². The molecule has 0 spiro atoms. The molecule has 1 aliphatic rings. The molecule has 1 fully saturated rings. The van der Waals surface area contributed by atoms with Crippen LogP contribution in [0.5, 0.6) is 5.75 Å². The molecule has 4 aromatic rings. The lowest BCUT2D eigenvalue weighted by molar-refractivity contribution is -0.128. The van der Waals surface area contributed by atoms with E-state index in [2.05, 4.69) is 4.98 Å². The Morgan fingerprint density at radius 3 is 2.75 bits per heavy atom. The summed E-state index contributed by atoms with van der Waals surface area (Å²) in [6, 6.07) is 13.4. The molecule has 1 atom stereocenters. The number of hydrogen-bond donors (Lipinski definition) is 2. The molecule has 8 heteroatoms. The molecule has 1 saturated heterocycles. The van der Waals surface area contributed by atoms with E-state index in [4.69, 9.17) is 9.84 Å². The highest BCUT2D eigenvalue weighted by Crippen LogP contribution is 2.36. The Balaban J connectivity index is 1.56. The zero-order valence-electron chi connectivity index (χ0n) is 17.3. The number of hydrogen-bond acceptors (Lipinski definition) is 4. The maximum absolute atomic E-state index is 13.8. The van der Waals surface area contributed by atoms with Gasteiger partial charge < -0.3 is 19.7 Å². The first-order chi connectivity index (χ1) is 15.5. The lowest BCUT2D eigenvalue weighted by atomic mass is 10.1. The molecule has 0 bridgehead atoms. The van der Waals surface area contributed by atoms with Crippen molar-refractivity contribution in [3.8, 4) is 22.7 Å². The van der Waals surface area contributed by atoms with Gasteiger partial charge in [0.2, 0.25) is 0 Å². The lowest BCUT2D eigenvalue weighted by Crippen LogP contribution is -2.28. The van der Waals surface area contributed by atoms with Crippen LogP contribution in [0.3, 0.4) is 0 Å². The average Bonchev–Trinajstić information content (AvgIpc) is 3.52. The maximum atomic E-state index is 13.8. The normalized spacial score (nSPS) is 16.1. The largest absolute Gasteiger partial charge is 0.508 e. The number of halogens is 1. The van der Waals surface area contributed by atoms with Gasteiger partial charge in [-0.15, -0.1) is 0 Å². The third-order valence-corrected chi connectivity index (χ3v) is 5.54. The highest BCUT2D eigenvalue weighted by Gasteiger charge is 2.36. The summed E-state index contributed by atoms with van der Waals surface area (Å²) >= 11 is 0. The van der Waals surface area contributed by atoms with Gasteiger partial charge >= 0.3 is 0 Å². The molecule has 7 nitrogen and oxygen atoms in total. The Kier molecular flexibility index (Phi) is 4.99. The summed E-state index contributed by atoms with van der Waals surface area (Å²) in [7, 11) is 0. The number of phenolic OH excluding ortho intramolecular Hbond substituents is 1. The van der Waals surface area contributed by atoms with E-state index in [0.717, 1.165) is 16.7 Å². The summed E-state index contributed by atoms with van der Waals surface area (Å²) in [5.41, 5.74) is 4.35. The third kappa shape index (κ3) is 3.65. The first-order valence-electron chi connectivity index (χ1n) is 10.2. The Hall–Kier alpha value is -3.91. The number of amides is 1. The van der Waals surface area contributed by atoms with E-state index < -0.39 is 6.23 Å². The molecular formula is C24H21FN4O3. The molecular weight excluding hydrogens is 411 g/mol. The van der Waals surface area contributed by atoms with Crippen LogP contribution in [0.15, 0.2) is 67.1 Å². The van der Waals surface area contributed by atoms with Crippen LogP contribution in [0.25, 0.3) is 16.9 Å². The minimum atomic E-state index is -0.628. The van der Waals surface area contributed by atoms with E-state index in [1.807, 2.05) is 18.5 Å². The van der Waals surface area contributed by atoms with Gasteiger partial charge in [-0.05, 0) is 54.4 Å². The minimum absolute atomic E-state index is 0.0316. The zero-order chi connectivity index (χ0) is 22.2. The molecule has 2 aromatic heterocycles. The van der Waals surface area contributed by atoms with Crippen molar-refractivity contribution in [2.45, 2.75) is 19.7 Å². The van der Waals surface area contributed by atoms with Gasteiger partial charge in [0.1, 0.15) is 23.9 Å². The number of aromatic nitrogens is 3. The number of aryl methyl sites for hydroxylation is 1. The molecule has 32 heavy (non-hydrogen) atoms. The van der Waals surface area contributed by atoms with Gasteiger partial charge in [-0.25, -0.2) is 9.07 Å². The molecule has 1 amide bonds. The number of aromatic amines is 1. The van der Waals surface area contributed by atoms with E-state index in [1.54, 1.807) is 59.1 Å². The molecule has 162 valence electrons. The van der Waals surface area contributed by atoms with Gasteiger partial charge in [-0.1, -0.05) is 12.1 Å². The standard InChI is InChI=1S/C24H21FN4O3/c1-15-10-18(4-7-21(15)25)29-13-20(23(27-29)17-8-9-26-11-17)24-28(22(31)14-32-24)12-16-2-5-19(30)6-3-16/h2-11,13,24,26,30H,12,14H2,1H3/t24-/m1/s1. The molecule has 2 N–H and O–H groups in total. The van der Waals surface area contributed by atoms with Crippen molar-refractivity contribution >= 4 is 5.91 Å². The Bertz CT molecular complexity index is 1270. The Morgan fingerprint density at radius 2 is 2.03 bits per heavy atom. The number of carbonyl (C=O) groups excluding carboxylic acids is 1. The second kappa shape index (κ2) is 7.97. The Morgan fingerprint density at radius 1 is 1.22 bits per heavy atom. The van der Waals surface area contributed by atoms with Crippen LogP contribution in [-0.4, -0.2) is 37.3 Å². The molecule has 0 radical (unpaired) electrons. The van der Waals surface area contributed by atoms with Crippen LogP contribution in [-0.2, 0) is 16.1 Å². The number of nitrogens with one attached hydrogen (secondary N) is 1. The first kappa shape index (κ1) is 20.0. The van der Waals surface area contributed by atoms with Crippen molar-refractivity contribution in [1.29, 1.82) is 0 Å². The van der Waals surface area contributed by atoms with Crippen LogP contribution in [0.1, 0.15) is 22.9 Å². The van der Waals surface area contributed by atoms with Crippen molar-refractivity contribution in [3.63, 3.8) is 0 Å². The number of phenols is 1. The second-order valence-electron chi connectivity index (χ2n) is 7.76. The molecule has 2 aromatic carbocycles. The lowest BCUT2D eigenvalue weighted by Gasteiger charge is -2.23. The van der Waals surface area contributed by atoms with Gasteiger partial charge in [0, 0.05) is 36.3 Å². The van der Waals surface area contributed by atoms with Crippen molar-refractivity contribution in [2.24, 2.45) is 0 Å². The topological polar surface area (TPSA) is 83.4 Å². The predicted octanol–water partition coefficient (Wildman–Crippen LogP) is 4.08. The van der Waals surface area contributed by atoms with Crippen LogP contribution in [0.2, 0.25) is 0 Å². The highest BCUT2D eigenvalue weighted by atomic mass is 19.1. The van der Waals surface area contributed by atoms with Crippen LogP contribution in [0, 0.1) is 12.7 Å². The van der Waals surface area contributed by atoms with Crippen LogP contribution < -0.4 is 0 Å². The highest BCUT2D eigenvalue weighted by molar-refractivity contribution is 5.80. The summed E-state index contributed by atoms with van der Waals surface area (Å²) in [4.78, 5) is 17.3. The summed E-state index contributed by atoms with van der Waals surface area (Å²) in [6.07, 6.45) is 4.82. The number of nitrogens with zero attached hydrogens (tertiary/aromatic N) is 3. The fourth-order valence-corrected chi connectivity index (χ4v) is 3.85. The van der Waals surface area contributed by atoms with Crippen molar-refractivity contribution in [1.82, 2.24) is 19.7 Å². The van der Waals surface area contributed by atoms with E-state index in [9.17, 15) is 14.3 Å². The van der Waals surface area contributed by atoms with Crippen molar-refractivity contribution in [3.05, 3.63) is 89.6 Å². The van der Waals surface area contributed by atoms with E-state index in [1.165, 1.54) is 6.07 Å². The molecule has 1 aliphatic heterocycles. The fourth-order valence-electron chi connectivity index (χ4n) is 3.85. The van der Waals surface area contributed by atoms with Gasteiger partial charge in [0.25, 0.3) is 5.91 Å². The number of rotatable bonds is 5. The minimum Gasteiger partial charge on any atom is -0.508 e. The smallest absolute Gasteiger partial charge is 0.251 e. The van der Waals surface area contributed by atoms with Gasteiger partial charge in [-0.3, -0.25) is 4.79 Å². The van der Waals surface area contributed by atoms with E-state index in [0.29, 0.717) is 23.5 Å². The fraction of sp³-hybridized carbons (Fsp3) is 0.167. The molecule has 3 heterocycles. The number of aromatic hydroxyl groups is 1. The van der Waals surface area contributed by atoms with Gasteiger partial charge in [-0.2, -0.15) is 5.10 Å². The molecule has 5 rings (SSSR count). The predicted molar refractivity (Wildman–Crippen MR) is 115 cm³/mol. The quantitative estimate of drug-likeness (QED) is 0.498. The van der Waals surface area contributed by atoms with E-state index >= 15 is 0 Å². The van der Waals surface area contributed by atoms with Crippen molar-refractivity contribution in [2.75, 3.05) is 6.61 Å². The summed E-state index contributed by atoms with van der Waals surface area (Å²) in [6.45, 7) is 2.00. The van der Waals surface area contributed by atoms with Crippen LogP contribution >= 0.6 is 0 Å². The second-order valence-corrected chi connectivity index (χ2v) is 7.76. The van der Waals surface area contributed by atoms with Crippen LogP contribution in [0.4, 0.5) is 4.39 Å². The first-order valence-corrected chi connectivity index (χ1v) is 10.2.